The zero-order valence-corrected chi connectivity index (χ0v) is 20.2. The van der Waals surface area contributed by atoms with E-state index in [0.29, 0.717) is 17.1 Å². The maximum Gasteiger partial charge on any atom is 0.251 e. The van der Waals surface area contributed by atoms with E-state index in [4.69, 9.17) is 11.6 Å². The van der Waals surface area contributed by atoms with Crippen molar-refractivity contribution in [3.63, 3.8) is 0 Å². The summed E-state index contributed by atoms with van der Waals surface area (Å²) < 4.78 is 0. The van der Waals surface area contributed by atoms with Crippen LogP contribution in [0, 0.1) is 13.8 Å². The van der Waals surface area contributed by atoms with Crippen molar-refractivity contribution in [3.05, 3.63) is 106 Å². The van der Waals surface area contributed by atoms with Gasteiger partial charge in [0.05, 0.1) is 0 Å². The third-order valence-electron chi connectivity index (χ3n) is 6.63. The molecule has 0 saturated heterocycles. The predicted octanol–water partition coefficient (Wildman–Crippen LogP) is 7.26. The molecule has 0 radical (unpaired) electrons. The SMILES string of the molecule is Cc1[nH]c2ccccc2c1C(CCCNC(=O)c1cccc(Cl)c1)c1c(C)[nH]c2ccccc12. The first-order valence-corrected chi connectivity index (χ1v) is 12.1. The van der Waals surface area contributed by atoms with Gasteiger partial charge in [-0.25, -0.2) is 0 Å². The molecular weight excluding hydrogens is 442 g/mol. The number of benzene rings is 3. The molecule has 0 bridgehead atoms. The molecule has 0 saturated carbocycles. The lowest BCUT2D eigenvalue weighted by molar-refractivity contribution is 0.0953. The molecule has 1 amide bonds. The monoisotopic (exact) mass is 469 g/mol. The fourth-order valence-electron chi connectivity index (χ4n) is 5.17. The van der Waals surface area contributed by atoms with Crippen LogP contribution < -0.4 is 5.32 Å². The van der Waals surface area contributed by atoms with E-state index in [9.17, 15) is 4.79 Å². The van der Waals surface area contributed by atoms with Crippen LogP contribution in [0.25, 0.3) is 21.8 Å². The summed E-state index contributed by atoms with van der Waals surface area (Å²) in [5.41, 5.74) is 7.97. The summed E-state index contributed by atoms with van der Waals surface area (Å²) in [6.07, 6.45) is 1.77. The lowest BCUT2D eigenvalue weighted by atomic mass is 9.84. The predicted molar refractivity (Wildman–Crippen MR) is 141 cm³/mol. The molecule has 4 nitrogen and oxygen atoms in total. The van der Waals surface area contributed by atoms with Gasteiger partial charge in [0.1, 0.15) is 0 Å². The van der Waals surface area contributed by atoms with E-state index in [2.05, 4.69) is 77.7 Å². The highest BCUT2D eigenvalue weighted by atomic mass is 35.5. The topological polar surface area (TPSA) is 60.7 Å². The first-order valence-electron chi connectivity index (χ1n) is 11.7. The average molecular weight is 470 g/mol. The maximum atomic E-state index is 12.6. The number of fused-ring (bicyclic) bond motifs is 2. The average Bonchev–Trinajstić information content (AvgIpc) is 3.34. The zero-order chi connectivity index (χ0) is 23.7. The Morgan fingerprint density at radius 1 is 0.853 bits per heavy atom. The number of aryl methyl sites for hydroxylation is 2. The van der Waals surface area contributed by atoms with Crippen LogP contribution in [0.2, 0.25) is 5.02 Å². The van der Waals surface area contributed by atoms with Gasteiger partial charge in [0.2, 0.25) is 0 Å². The molecule has 5 aromatic rings. The molecule has 3 aromatic carbocycles. The number of aromatic nitrogens is 2. The van der Waals surface area contributed by atoms with E-state index < -0.39 is 0 Å². The summed E-state index contributed by atoms with van der Waals surface area (Å²) in [7, 11) is 0. The molecule has 0 unspecified atom stereocenters. The van der Waals surface area contributed by atoms with Gasteiger partial charge in [0, 0.05) is 56.2 Å². The van der Waals surface area contributed by atoms with E-state index >= 15 is 0 Å². The van der Waals surface area contributed by atoms with Gasteiger partial charge in [0.25, 0.3) is 5.91 Å². The quantitative estimate of drug-likeness (QED) is 0.216. The summed E-state index contributed by atoms with van der Waals surface area (Å²) >= 11 is 6.05. The van der Waals surface area contributed by atoms with Crippen molar-refractivity contribution >= 4 is 39.3 Å². The second-order valence-electron chi connectivity index (χ2n) is 8.88. The van der Waals surface area contributed by atoms with Crippen molar-refractivity contribution in [2.45, 2.75) is 32.6 Å². The second kappa shape index (κ2) is 9.40. The summed E-state index contributed by atoms with van der Waals surface area (Å²) in [6.45, 7) is 4.92. The molecule has 0 aliphatic rings. The number of halogens is 1. The molecule has 5 heteroatoms. The molecule has 0 spiro atoms. The fraction of sp³-hybridized carbons (Fsp3) is 0.207. The highest BCUT2D eigenvalue weighted by Crippen LogP contribution is 2.41. The first-order chi connectivity index (χ1) is 16.5. The van der Waals surface area contributed by atoms with Crippen LogP contribution >= 0.6 is 11.6 Å². The minimum absolute atomic E-state index is 0.0920. The number of carbonyl (C=O) groups excluding carboxylic acids is 1. The number of aromatic amines is 2. The largest absolute Gasteiger partial charge is 0.358 e. The molecule has 3 N–H and O–H groups in total. The van der Waals surface area contributed by atoms with Crippen LogP contribution in [0.5, 0.6) is 0 Å². The molecule has 0 fully saturated rings. The standard InChI is InChI=1S/C29H28ClN3O/c1-18-27(22-11-3-5-14-25(22)32-18)24(28-19(2)33-26-15-6-4-12-23(26)28)13-8-16-31-29(34)20-9-7-10-21(30)17-20/h3-7,9-12,14-15,17,24,32-33H,8,13,16H2,1-2H3,(H,31,34). The van der Waals surface area contributed by atoms with Gasteiger partial charge in [-0.05, 0) is 68.1 Å². The number of rotatable bonds is 7. The van der Waals surface area contributed by atoms with Crippen LogP contribution in [0.15, 0.2) is 72.8 Å². The molecule has 34 heavy (non-hydrogen) atoms. The molecule has 172 valence electrons. The Bertz CT molecular complexity index is 1400. The van der Waals surface area contributed by atoms with E-state index in [1.54, 1.807) is 24.3 Å². The number of para-hydroxylation sites is 2. The third kappa shape index (κ3) is 4.22. The Balaban J connectivity index is 1.45. The number of nitrogens with one attached hydrogen (secondary N) is 3. The number of amides is 1. The molecule has 0 aliphatic heterocycles. The van der Waals surface area contributed by atoms with Crippen LogP contribution in [0.3, 0.4) is 0 Å². The number of carbonyl (C=O) groups is 1. The molecular formula is C29H28ClN3O. The lowest BCUT2D eigenvalue weighted by Gasteiger charge is -2.20. The molecule has 5 rings (SSSR count). The van der Waals surface area contributed by atoms with Gasteiger partial charge in [-0.1, -0.05) is 54.1 Å². The van der Waals surface area contributed by atoms with Crippen molar-refractivity contribution < 1.29 is 4.79 Å². The van der Waals surface area contributed by atoms with Gasteiger partial charge in [-0.2, -0.15) is 0 Å². The van der Waals surface area contributed by atoms with E-state index in [1.165, 1.54) is 33.3 Å². The van der Waals surface area contributed by atoms with Gasteiger partial charge in [0.15, 0.2) is 0 Å². The van der Waals surface area contributed by atoms with Crippen LogP contribution in [-0.2, 0) is 0 Å². The van der Waals surface area contributed by atoms with Gasteiger partial charge >= 0.3 is 0 Å². The normalized spacial score (nSPS) is 11.5. The van der Waals surface area contributed by atoms with E-state index in [-0.39, 0.29) is 11.8 Å². The number of hydrogen-bond donors (Lipinski definition) is 3. The highest BCUT2D eigenvalue weighted by molar-refractivity contribution is 6.30. The maximum absolute atomic E-state index is 12.6. The third-order valence-corrected chi connectivity index (χ3v) is 6.86. The van der Waals surface area contributed by atoms with Gasteiger partial charge in [-0.3, -0.25) is 4.79 Å². The van der Waals surface area contributed by atoms with Crippen molar-refractivity contribution in [1.82, 2.24) is 15.3 Å². The Hall–Kier alpha value is -3.50. The Morgan fingerprint density at radius 2 is 1.44 bits per heavy atom. The van der Waals surface area contributed by atoms with Gasteiger partial charge in [-0.15, -0.1) is 0 Å². The fourth-order valence-corrected chi connectivity index (χ4v) is 5.36. The molecule has 2 heterocycles. The first kappa shape index (κ1) is 22.3. The minimum atomic E-state index is -0.0920. The Labute approximate surface area is 204 Å². The van der Waals surface area contributed by atoms with Crippen LogP contribution in [-0.4, -0.2) is 22.4 Å². The van der Waals surface area contributed by atoms with Gasteiger partial charge < -0.3 is 15.3 Å². The summed E-state index contributed by atoms with van der Waals surface area (Å²) in [5.74, 6) is 0.112. The second-order valence-corrected chi connectivity index (χ2v) is 9.32. The molecule has 0 aliphatic carbocycles. The van der Waals surface area contributed by atoms with Crippen molar-refractivity contribution in [2.75, 3.05) is 6.54 Å². The summed E-state index contributed by atoms with van der Waals surface area (Å²) in [4.78, 5) is 19.7. The van der Waals surface area contributed by atoms with Crippen molar-refractivity contribution in [1.29, 1.82) is 0 Å². The summed E-state index contributed by atoms with van der Waals surface area (Å²) in [6, 6.07) is 24.1. The van der Waals surface area contributed by atoms with Crippen molar-refractivity contribution in [2.24, 2.45) is 0 Å². The number of hydrogen-bond acceptors (Lipinski definition) is 1. The molecule has 2 aromatic heterocycles. The Kier molecular flexibility index (Phi) is 6.16. The minimum Gasteiger partial charge on any atom is -0.358 e. The molecule has 0 atom stereocenters. The van der Waals surface area contributed by atoms with E-state index in [1.807, 2.05) is 0 Å². The zero-order valence-electron chi connectivity index (χ0n) is 19.4. The highest BCUT2D eigenvalue weighted by Gasteiger charge is 2.25. The lowest BCUT2D eigenvalue weighted by Crippen LogP contribution is -2.24. The number of H-pyrrole nitrogens is 2. The smallest absolute Gasteiger partial charge is 0.251 e. The summed E-state index contributed by atoms with van der Waals surface area (Å²) in [5, 5.41) is 6.15. The van der Waals surface area contributed by atoms with Crippen LogP contribution in [0.1, 0.15) is 51.6 Å². The van der Waals surface area contributed by atoms with E-state index in [0.717, 1.165) is 23.9 Å². The van der Waals surface area contributed by atoms with Crippen molar-refractivity contribution in [3.8, 4) is 0 Å². The Morgan fingerprint density at radius 3 is 2.03 bits per heavy atom. The van der Waals surface area contributed by atoms with Crippen LogP contribution in [0.4, 0.5) is 0 Å².